The van der Waals surface area contributed by atoms with Crippen LogP contribution in [0.2, 0.25) is 0 Å². The third-order valence-corrected chi connectivity index (χ3v) is 4.32. The zero-order valence-electron chi connectivity index (χ0n) is 20.3. The average Bonchev–Trinajstić information content (AvgIpc) is 3.14. The molecule has 0 radical (unpaired) electrons. The lowest BCUT2D eigenvalue weighted by molar-refractivity contribution is 0.0430. The van der Waals surface area contributed by atoms with Crippen LogP contribution in [-0.2, 0) is 14.2 Å². The molecule has 0 aliphatic rings. The number of hydrogen-bond donors (Lipinski definition) is 0. The Balaban J connectivity index is 2.21. The van der Waals surface area contributed by atoms with E-state index in [2.05, 4.69) is 4.98 Å². The Hall–Kier alpha value is -3.88. The minimum absolute atomic E-state index is 0.0949. The summed E-state index contributed by atoms with van der Waals surface area (Å²) in [5.41, 5.74) is -0.716. The zero-order valence-corrected chi connectivity index (χ0v) is 20.3. The van der Waals surface area contributed by atoms with Crippen LogP contribution < -0.4 is 4.90 Å². The highest BCUT2D eigenvalue weighted by atomic mass is 16.6. The highest BCUT2D eigenvalue weighted by molar-refractivity contribution is 6.15. The fraction of sp³-hybridized carbons (Fsp3) is 0.360. The Morgan fingerprint density at radius 2 is 1.44 bits per heavy atom. The molecule has 0 spiro atoms. The van der Waals surface area contributed by atoms with E-state index >= 15 is 0 Å². The van der Waals surface area contributed by atoms with Gasteiger partial charge in [-0.2, -0.15) is 4.90 Å². The SMILES string of the molecule is COC(=O)c1cc2oc(-c3ccccc3)nc2cc1N(C(=O)OC(C)(C)C)C(=O)OC(C)(C)C. The Morgan fingerprint density at radius 1 is 0.882 bits per heavy atom. The van der Waals surface area contributed by atoms with Crippen LogP contribution in [0.5, 0.6) is 0 Å². The van der Waals surface area contributed by atoms with Gasteiger partial charge in [0, 0.05) is 5.56 Å². The van der Waals surface area contributed by atoms with Gasteiger partial charge in [-0.1, -0.05) is 18.2 Å². The summed E-state index contributed by atoms with van der Waals surface area (Å²) in [6.07, 6.45) is -2.03. The Labute approximate surface area is 197 Å². The van der Waals surface area contributed by atoms with E-state index in [1.165, 1.54) is 19.2 Å². The van der Waals surface area contributed by atoms with Gasteiger partial charge in [0.2, 0.25) is 5.89 Å². The number of nitrogens with zero attached hydrogens (tertiary/aromatic N) is 2. The number of aromatic nitrogens is 1. The van der Waals surface area contributed by atoms with E-state index in [0.29, 0.717) is 16.3 Å². The second kappa shape index (κ2) is 9.17. The van der Waals surface area contributed by atoms with Crippen molar-refractivity contribution < 1.29 is 33.0 Å². The molecular formula is C25H28N2O7. The minimum atomic E-state index is -1.02. The van der Waals surface area contributed by atoms with Crippen molar-refractivity contribution in [1.29, 1.82) is 0 Å². The molecule has 0 aliphatic carbocycles. The van der Waals surface area contributed by atoms with Crippen LogP contribution in [0, 0.1) is 0 Å². The lowest BCUT2D eigenvalue weighted by Gasteiger charge is -2.29. The smallest absolute Gasteiger partial charge is 0.424 e. The van der Waals surface area contributed by atoms with Crippen molar-refractivity contribution >= 4 is 34.9 Å². The minimum Gasteiger partial charge on any atom is -0.465 e. The molecule has 0 unspecified atom stereocenters. The molecule has 3 rings (SSSR count). The molecule has 3 aromatic rings. The summed E-state index contributed by atoms with van der Waals surface area (Å²) in [5, 5.41) is 0. The fourth-order valence-corrected chi connectivity index (χ4v) is 3.01. The largest absolute Gasteiger partial charge is 0.465 e. The first-order valence-electron chi connectivity index (χ1n) is 10.6. The summed E-state index contributed by atoms with van der Waals surface area (Å²) in [7, 11) is 1.19. The standard InChI is InChI=1S/C25H28N2O7/c1-24(2,3)33-22(29)27(23(30)34-25(4,5)6)18-14-17-19(13-16(18)21(28)31-7)32-20(26-17)15-11-9-8-10-12-15/h8-14H,1-7H3. The quantitative estimate of drug-likeness (QED) is 0.342. The lowest BCUT2D eigenvalue weighted by Crippen LogP contribution is -2.44. The zero-order chi connectivity index (χ0) is 25.3. The van der Waals surface area contributed by atoms with Gasteiger partial charge in [0.15, 0.2) is 5.58 Å². The number of amides is 2. The molecule has 0 atom stereocenters. The van der Waals surface area contributed by atoms with Crippen molar-refractivity contribution in [3.05, 3.63) is 48.0 Å². The maximum absolute atomic E-state index is 13.1. The molecular weight excluding hydrogens is 440 g/mol. The van der Waals surface area contributed by atoms with Gasteiger partial charge in [0.25, 0.3) is 0 Å². The summed E-state index contributed by atoms with van der Waals surface area (Å²) in [5.74, 6) is -0.476. The van der Waals surface area contributed by atoms with E-state index < -0.39 is 29.4 Å². The van der Waals surface area contributed by atoms with E-state index in [1.807, 2.05) is 30.3 Å². The topological polar surface area (TPSA) is 108 Å². The van der Waals surface area contributed by atoms with E-state index in [1.54, 1.807) is 41.5 Å². The van der Waals surface area contributed by atoms with Crippen LogP contribution in [0.25, 0.3) is 22.6 Å². The van der Waals surface area contributed by atoms with Crippen LogP contribution in [0.3, 0.4) is 0 Å². The molecule has 9 heteroatoms. The number of anilines is 1. The van der Waals surface area contributed by atoms with E-state index in [-0.39, 0.29) is 16.8 Å². The maximum Gasteiger partial charge on any atom is 0.424 e. The molecule has 1 aromatic heterocycles. The van der Waals surface area contributed by atoms with Crippen molar-refractivity contribution in [3.63, 3.8) is 0 Å². The number of esters is 1. The van der Waals surface area contributed by atoms with Crippen LogP contribution in [0.4, 0.5) is 15.3 Å². The van der Waals surface area contributed by atoms with Gasteiger partial charge in [0.1, 0.15) is 16.7 Å². The van der Waals surface area contributed by atoms with E-state index in [4.69, 9.17) is 18.6 Å². The monoisotopic (exact) mass is 468 g/mol. The van der Waals surface area contributed by atoms with Gasteiger partial charge >= 0.3 is 18.2 Å². The summed E-state index contributed by atoms with van der Waals surface area (Å²) < 4.78 is 21.6. The number of rotatable bonds is 3. The van der Waals surface area contributed by atoms with Crippen LogP contribution in [0.1, 0.15) is 51.9 Å². The molecule has 0 N–H and O–H groups in total. The van der Waals surface area contributed by atoms with Crippen LogP contribution in [0.15, 0.2) is 46.9 Å². The number of carbonyl (C=O) groups is 3. The molecule has 0 saturated heterocycles. The average molecular weight is 469 g/mol. The summed E-state index contributed by atoms with van der Waals surface area (Å²) >= 11 is 0. The van der Waals surface area contributed by atoms with E-state index in [0.717, 1.165) is 5.56 Å². The van der Waals surface area contributed by atoms with Crippen molar-refractivity contribution in [3.8, 4) is 11.5 Å². The highest BCUT2D eigenvalue weighted by Crippen LogP contribution is 2.33. The number of benzene rings is 2. The molecule has 0 fully saturated rings. The number of imide groups is 1. The fourth-order valence-electron chi connectivity index (χ4n) is 3.01. The molecule has 1 heterocycles. The third kappa shape index (κ3) is 5.72. The van der Waals surface area contributed by atoms with Gasteiger partial charge in [0.05, 0.1) is 18.4 Å². The number of hydrogen-bond acceptors (Lipinski definition) is 8. The normalized spacial score (nSPS) is 11.7. The molecule has 9 nitrogen and oxygen atoms in total. The summed E-state index contributed by atoms with van der Waals surface area (Å²) in [4.78, 5) is 44.0. The lowest BCUT2D eigenvalue weighted by atomic mass is 10.1. The van der Waals surface area contributed by atoms with Crippen LogP contribution in [-0.4, -0.2) is 41.5 Å². The second-order valence-corrected chi connectivity index (χ2v) is 9.51. The summed E-state index contributed by atoms with van der Waals surface area (Å²) in [6.45, 7) is 9.95. The first kappa shape index (κ1) is 24.8. The van der Waals surface area contributed by atoms with Crippen molar-refractivity contribution in [2.75, 3.05) is 12.0 Å². The van der Waals surface area contributed by atoms with Crippen molar-refractivity contribution in [1.82, 2.24) is 4.98 Å². The molecule has 0 bridgehead atoms. The Morgan fingerprint density at radius 3 is 1.94 bits per heavy atom. The number of oxazole rings is 1. The van der Waals surface area contributed by atoms with Crippen molar-refractivity contribution in [2.24, 2.45) is 0 Å². The predicted molar refractivity (Wildman–Crippen MR) is 126 cm³/mol. The molecule has 2 aromatic carbocycles. The number of fused-ring (bicyclic) bond motifs is 1. The first-order valence-corrected chi connectivity index (χ1v) is 10.6. The maximum atomic E-state index is 13.1. The first-order chi connectivity index (χ1) is 15.8. The van der Waals surface area contributed by atoms with Gasteiger partial charge in [-0.15, -0.1) is 0 Å². The molecule has 180 valence electrons. The van der Waals surface area contributed by atoms with Gasteiger partial charge < -0.3 is 18.6 Å². The van der Waals surface area contributed by atoms with Gasteiger partial charge in [-0.25, -0.2) is 19.4 Å². The van der Waals surface area contributed by atoms with Gasteiger partial charge in [-0.3, -0.25) is 0 Å². The second-order valence-electron chi connectivity index (χ2n) is 9.51. The van der Waals surface area contributed by atoms with E-state index in [9.17, 15) is 14.4 Å². The van der Waals surface area contributed by atoms with Gasteiger partial charge in [-0.05, 0) is 65.8 Å². The van der Waals surface area contributed by atoms with Crippen LogP contribution >= 0.6 is 0 Å². The van der Waals surface area contributed by atoms with Crippen molar-refractivity contribution in [2.45, 2.75) is 52.7 Å². The molecule has 2 amide bonds. The highest BCUT2D eigenvalue weighted by Gasteiger charge is 2.36. The molecule has 34 heavy (non-hydrogen) atoms. The summed E-state index contributed by atoms with van der Waals surface area (Å²) in [6, 6.07) is 11.9. The molecule has 0 saturated carbocycles. The predicted octanol–water partition coefficient (Wildman–Crippen LogP) is 5.96. The Bertz CT molecular complexity index is 1190. The number of carbonyl (C=O) groups excluding carboxylic acids is 3. The molecule has 0 aliphatic heterocycles. The Kier molecular flexibility index (Phi) is 6.67. The number of ether oxygens (including phenoxy) is 3. The number of methoxy groups -OCH3 is 1. The third-order valence-electron chi connectivity index (χ3n) is 4.32.